The van der Waals surface area contributed by atoms with Crippen LogP contribution in [0, 0.1) is 0 Å². The van der Waals surface area contributed by atoms with E-state index in [1.165, 1.54) is 12.8 Å². The standard InChI is InChI=1S/C16H25NO3/c1-4-17-12-6-5-7-13(8-12)20-16-10-14(18-2)9-15(11-16)19-3/h9-13,17H,4-8H2,1-3H3. The zero-order chi connectivity index (χ0) is 14.4. The van der Waals surface area contributed by atoms with E-state index in [4.69, 9.17) is 14.2 Å². The molecule has 2 rings (SSSR count). The molecule has 0 bridgehead atoms. The van der Waals surface area contributed by atoms with Crippen molar-refractivity contribution in [2.45, 2.75) is 44.8 Å². The highest BCUT2D eigenvalue weighted by Crippen LogP contribution is 2.30. The maximum Gasteiger partial charge on any atom is 0.127 e. The van der Waals surface area contributed by atoms with Gasteiger partial charge in [-0.05, 0) is 32.2 Å². The summed E-state index contributed by atoms with van der Waals surface area (Å²) in [5.41, 5.74) is 0. The van der Waals surface area contributed by atoms with E-state index in [2.05, 4.69) is 12.2 Å². The van der Waals surface area contributed by atoms with Gasteiger partial charge in [-0.15, -0.1) is 0 Å². The van der Waals surface area contributed by atoms with Gasteiger partial charge in [0, 0.05) is 24.2 Å². The Hall–Kier alpha value is -1.42. The van der Waals surface area contributed by atoms with Crippen LogP contribution in [0.15, 0.2) is 18.2 Å². The third-order valence-corrected chi connectivity index (χ3v) is 3.75. The minimum absolute atomic E-state index is 0.268. The smallest absolute Gasteiger partial charge is 0.127 e. The quantitative estimate of drug-likeness (QED) is 0.869. The SMILES string of the molecule is CCNC1CCCC(Oc2cc(OC)cc(OC)c2)C1. The molecule has 1 fully saturated rings. The van der Waals surface area contributed by atoms with Crippen molar-refractivity contribution < 1.29 is 14.2 Å². The van der Waals surface area contributed by atoms with Crippen molar-refractivity contribution in [1.82, 2.24) is 5.32 Å². The summed E-state index contributed by atoms with van der Waals surface area (Å²) in [7, 11) is 3.31. The van der Waals surface area contributed by atoms with Crippen molar-refractivity contribution in [3.63, 3.8) is 0 Å². The van der Waals surface area contributed by atoms with Gasteiger partial charge in [-0.1, -0.05) is 6.92 Å². The van der Waals surface area contributed by atoms with Crippen molar-refractivity contribution in [3.05, 3.63) is 18.2 Å². The number of methoxy groups -OCH3 is 2. The summed E-state index contributed by atoms with van der Waals surface area (Å²) in [6.07, 6.45) is 4.90. The third kappa shape index (κ3) is 4.04. The van der Waals surface area contributed by atoms with Crippen molar-refractivity contribution in [3.8, 4) is 17.2 Å². The third-order valence-electron chi connectivity index (χ3n) is 3.75. The Morgan fingerprint density at radius 3 is 2.30 bits per heavy atom. The average Bonchev–Trinajstić information content (AvgIpc) is 2.47. The van der Waals surface area contributed by atoms with E-state index in [1.807, 2.05) is 18.2 Å². The number of hydrogen-bond donors (Lipinski definition) is 1. The number of benzene rings is 1. The molecule has 1 aliphatic rings. The lowest BCUT2D eigenvalue weighted by molar-refractivity contribution is 0.134. The van der Waals surface area contributed by atoms with Crippen LogP contribution in [0.3, 0.4) is 0 Å². The molecule has 1 saturated carbocycles. The first kappa shape index (κ1) is 15.0. The monoisotopic (exact) mass is 279 g/mol. The summed E-state index contributed by atoms with van der Waals surface area (Å²) in [6, 6.07) is 6.26. The van der Waals surface area contributed by atoms with Crippen LogP contribution >= 0.6 is 0 Å². The lowest BCUT2D eigenvalue weighted by Crippen LogP contribution is -2.37. The molecular weight excluding hydrogens is 254 g/mol. The van der Waals surface area contributed by atoms with Gasteiger partial charge in [0.2, 0.25) is 0 Å². The lowest BCUT2D eigenvalue weighted by Gasteiger charge is -2.30. The lowest BCUT2D eigenvalue weighted by atomic mass is 9.93. The van der Waals surface area contributed by atoms with E-state index in [0.717, 1.165) is 36.6 Å². The van der Waals surface area contributed by atoms with Crippen molar-refractivity contribution in [2.75, 3.05) is 20.8 Å². The summed E-state index contributed by atoms with van der Waals surface area (Å²) in [4.78, 5) is 0. The van der Waals surface area contributed by atoms with Crippen molar-refractivity contribution in [2.24, 2.45) is 0 Å². The van der Waals surface area contributed by atoms with E-state index in [9.17, 15) is 0 Å². The maximum atomic E-state index is 6.12. The normalized spacial score (nSPS) is 22.4. The Bertz CT molecular complexity index is 398. The highest BCUT2D eigenvalue weighted by Gasteiger charge is 2.22. The molecule has 0 amide bonds. The predicted octanol–water partition coefficient (Wildman–Crippen LogP) is 3.00. The van der Waals surface area contributed by atoms with Gasteiger partial charge < -0.3 is 19.5 Å². The molecule has 0 aliphatic heterocycles. The Balaban J connectivity index is 2.01. The molecule has 112 valence electrons. The largest absolute Gasteiger partial charge is 0.496 e. The molecule has 0 saturated heterocycles. The van der Waals surface area contributed by atoms with Crippen LogP contribution in [0.25, 0.3) is 0 Å². The molecule has 1 aromatic carbocycles. The number of hydrogen-bond acceptors (Lipinski definition) is 4. The van der Waals surface area contributed by atoms with Crippen molar-refractivity contribution >= 4 is 0 Å². The van der Waals surface area contributed by atoms with E-state index in [1.54, 1.807) is 14.2 Å². The second kappa shape index (κ2) is 7.39. The van der Waals surface area contributed by atoms with Crippen LogP contribution in [0.4, 0.5) is 0 Å². The molecule has 1 N–H and O–H groups in total. The first-order valence-electron chi connectivity index (χ1n) is 7.38. The van der Waals surface area contributed by atoms with Gasteiger partial charge in [0.15, 0.2) is 0 Å². The molecule has 2 atom stereocenters. The molecule has 0 spiro atoms. The summed E-state index contributed by atoms with van der Waals surface area (Å²) < 4.78 is 16.7. The van der Waals surface area contributed by atoms with Gasteiger partial charge in [-0.25, -0.2) is 0 Å². The molecule has 4 nitrogen and oxygen atoms in total. The zero-order valence-corrected chi connectivity index (χ0v) is 12.6. The molecule has 1 aromatic rings. The number of rotatable bonds is 6. The Morgan fingerprint density at radius 1 is 1.05 bits per heavy atom. The molecule has 0 heterocycles. The fourth-order valence-corrected chi connectivity index (χ4v) is 2.77. The van der Waals surface area contributed by atoms with E-state index < -0.39 is 0 Å². The molecule has 2 unspecified atom stereocenters. The second-order valence-electron chi connectivity index (χ2n) is 5.21. The van der Waals surface area contributed by atoms with Crippen LogP contribution in [0.1, 0.15) is 32.6 Å². The highest BCUT2D eigenvalue weighted by atomic mass is 16.5. The Labute approximate surface area is 121 Å². The maximum absolute atomic E-state index is 6.12. The van der Waals surface area contributed by atoms with Gasteiger partial charge in [0.05, 0.1) is 14.2 Å². The van der Waals surface area contributed by atoms with E-state index >= 15 is 0 Å². The van der Waals surface area contributed by atoms with Gasteiger partial charge in [0.1, 0.15) is 23.4 Å². The Morgan fingerprint density at radius 2 is 1.70 bits per heavy atom. The van der Waals surface area contributed by atoms with Crippen LogP contribution < -0.4 is 19.5 Å². The molecule has 0 radical (unpaired) electrons. The Kier molecular flexibility index (Phi) is 5.53. The first-order chi connectivity index (χ1) is 9.75. The van der Waals surface area contributed by atoms with Crippen LogP contribution in [0.2, 0.25) is 0 Å². The second-order valence-corrected chi connectivity index (χ2v) is 5.21. The highest BCUT2D eigenvalue weighted by molar-refractivity contribution is 5.42. The summed E-state index contributed by atoms with van der Waals surface area (Å²) in [5, 5.41) is 3.52. The average molecular weight is 279 g/mol. The number of nitrogens with one attached hydrogen (secondary N) is 1. The minimum atomic E-state index is 0.268. The zero-order valence-electron chi connectivity index (χ0n) is 12.6. The minimum Gasteiger partial charge on any atom is -0.496 e. The van der Waals surface area contributed by atoms with Gasteiger partial charge in [-0.2, -0.15) is 0 Å². The van der Waals surface area contributed by atoms with Crippen LogP contribution in [-0.4, -0.2) is 32.9 Å². The molecular formula is C16H25NO3. The van der Waals surface area contributed by atoms with Crippen LogP contribution in [0.5, 0.6) is 17.2 Å². The molecule has 1 aliphatic carbocycles. The summed E-state index contributed by atoms with van der Waals surface area (Å²) in [6.45, 7) is 3.17. The first-order valence-corrected chi connectivity index (χ1v) is 7.38. The fourth-order valence-electron chi connectivity index (χ4n) is 2.77. The summed E-state index contributed by atoms with van der Waals surface area (Å²) in [5.74, 6) is 2.35. The van der Waals surface area contributed by atoms with E-state index in [-0.39, 0.29) is 6.10 Å². The summed E-state index contributed by atoms with van der Waals surface area (Å²) >= 11 is 0. The molecule has 4 heteroatoms. The molecule has 0 aromatic heterocycles. The topological polar surface area (TPSA) is 39.7 Å². The predicted molar refractivity (Wildman–Crippen MR) is 79.9 cm³/mol. The number of ether oxygens (including phenoxy) is 3. The molecule has 20 heavy (non-hydrogen) atoms. The fraction of sp³-hybridized carbons (Fsp3) is 0.625. The van der Waals surface area contributed by atoms with Gasteiger partial charge >= 0.3 is 0 Å². The van der Waals surface area contributed by atoms with Crippen LogP contribution in [-0.2, 0) is 0 Å². The van der Waals surface area contributed by atoms with Gasteiger partial charge in [-0.3, -0.25) is 0 Å². The van der Waals surface area contributed by atoms with Gasteiger partial charge in [0.25, 0.3) is 0 Å². The van der Waals surface area contributed by atoms with E-state index in [0.29, 0.717) is 6.04 Å². The van der Waals surface area contributed by atoms with Crippen molar-refractivity contribution in [1.29, 1.82) is 0 Å².